The van der Waals surface area contributed by atoms with Gasteiger partial charge in [0.05, 0.1) is 12.1 Å². The number of aliphatic imine (C=N–C) groups is 2. The molecule has 0 bridgehead atoms. The summed E-state index contributed by atoms with van der Waals surface area (Å²) in [5.74, 6) is 2.23. The molecule has 50 heavy (non-hydrogen) atoms. The molecular formula is C46H48N4. The van der Waals surface area contributed by atoms with Gasteiger partial charge in [-0.25, -0.2) is 9.98 Å². The molecule has 0 aromatic heterocycles. The maximum Gasteiger partial charge on any atom is 0.177 e. The number of benzene rings is 3. The number of amidine groups is 2. The molecule has 3 aromatic carbocycles. The van der Waals surface area contributed by atoms with Crippen LogP contribution in [0.1, 0.15) is 83.1 Å². The fraction of sp³-hybridized carbons (Fsp3) is 0.348. The number of hydrogen-bond acceptors (Lipinski definition) is 4. The van der Waals surface area contributed by atoms with E-state index >= 15 is 0 Å². The molecule has 2 heterocycles. The van der Waals surface area contributed by atoms with Crippen LogP contribution in [0.15, 0.2) is 148 Å². The van der Waals surface area contributed by atoms with Gasteiger partial charge in [-0.05, 0) is 60.4 Å². The van der Waals surface area contributed by atoms with Gasteiger partial charge in [-0.15, -0.1) is 0 Å². The van der Waals surface area contributed by atoms with Gasteiger partial charge in [-0.2, -0.15) is 0 Å². The Bertz CT molecular complexity index is 2120. The molecule has 4 aliphatic carbocycles. The molecule has 0 saturated heterocycles. The summed E-state index contributed by atoms with van der Waals surface area (Å²) in [6.07, 6.45) is 19.7. The normalized spacial score (nSPS) is 33.1. The first kappa shape index (κ1) is 31.3. The average Bonchev–Trinajstić information content (AvgIpc) is 3.47. The SMILES string of the molecule is CC1C=C(C2=NC(C)(C3=CCC(N4c5ccccc5C5(C)CC6(C)C(=CC45)C(C)(C)c4ccccc46)C=C3)N=C(c3ccccc3)N2)C=CC1. The highest BCUT2D eigenvalue weighted by atomic mass is 15.2. The van der Waals surface area contributed by atoms with E-state index in [0.29, 0.717) is 5.92 Å². The molecule has 6 aliphatic rings. The first-order valence-corrected chi connectivity index (χ1v) is 18.5. The second-order valence-electron chi connectivity index (χ2n) is 16.5. The summed E-state index contributed by atoms with van der Waals surface area (Å²) in [6, 6.07) is 29.4. The lowest BCUT2D eigenvalue weighted by Gasteiger charge is -2.49. The minimum Gasteiger partial charge on any atom is -0.357 e. The van der Waals surface area contributed by atoms with Crippen molar-refractivity contribution in [2.45, 2.75) is 94.8 Å². The maximum atomic E-state index is 5.34. The van der Waals surface area contributed by atoms with E-state index < -0.39 is 5.66 Å². The van der Waals surface area contributed by atoms with Crippen LogP contribution in [0.4, 0.5) is 5.69 Å². The lowest BCUT2D eigenvalue weighted by molar-refractivity contribution is 0.288. The van der Waals surface area contributed by atoms with Gasteiger partial charge in [-0.3, -0.25) is 0 Å². The summed E-state index contributed by atoms with van der Waals surface area (Å²) in [6.45, 7) is 14.3. The van der Waals surface area contributed by atoms with Crippen molar-refractivity contribution in [1.82, 2.24) is 5.32 Å². The Balaban J connectivity index is 1.09. The van der Waals surface area contributed by atoms with E-state index in [1.165, 1.54) is 22.4 Å². The maximum absolute atomic E-state index is 5.34. The Morgan fingerprint density at radius 2 is 1.44 bits per heavy atom. The second-order valence-corrected chi connectivity index (χ2v) is 16.5. The van der Waals surface area contributed by atoms with Crippen molar-refractivity contribution in [2.24, 2.45) is 15.9 Å². The number of anilines is 1. The molecule has 2 aliphatic heterocycles. The highest BCUT2D eigenvalue weighted by Gasteiger charge is 2.60. The first-order valence-electron chi connectivity index (χ1n) is 18.5. The Morgan fingerprint density at radius 1 is 0.740 bits per heavy atom. The molecular weight excluding hydrogens is 609 g/mol. The third-order valence-electron chi connectivity index (χ3n) is 12.7. The van der Waals surface area contributed by atoms with Crippen molar-refractivity contribution >= 4 is 17.4 Å². The van der Waals surface area contributed by atoms with Crippen molar-refractivity contribution in [3.05, 3.63) is 160 Å². The topological polar surface area (TPSA) is 40.0 Å². The number of fused-ring (bicyclic) bond motifs is 6. The van der Waals surface area contributed by atoms with E-state index in [1.54, 1.807) is 5.57 Å². The first-order chi connectivity index (χ1) is 24.0. The van der Waals surface area contributed by atoms with Crippen molar-refractivity contribution in [3.63, 3.8) is 0 Å². The molecule has 252 valence electrons. The molecule has 6 unspecified atom stereocenters. The lowest BCUT2D eigenvalue weighted by atomic mass is 9.58. The van der Waals surface area contributed by atoms with Crippen LogP contribution in [-0.2, 0) is 16.2 Å². The molecule has 0 radical (unpaired) electrons. The molecule has 6 atom stereocenters. The summed E-state index contributed by atoms with van der Waals surface area (Å²) in [7, 11) is 0. The van der Waals surface area contributed by atoms with E-state index in [-0.39, 0.29) is 28.3 Å². The lowest BCUT2D eigenvalue weighted by Crippen LogP contribution is -2.52. The van der Waals surface area contributed by atoms with Crippen LogP contribution in [0.2, 0.25) is 0 Å². The highest BCUT2D eigenvalue weighted by Crippen LogP contribution is 2.64. The summed E-state index contributed by atoms with van der Waals surface area (Å²) < 4.78 is 0. The molecule has 0 saturated carbocycles. The van der Waals surface area contributed by atoms with Gasteiger partial charge in [0.2, 0.25) is 0 Å². The Labute approximate surface area is 297 Å². The highest BCUT2D eigenvalue weighted by molar-refractivity contribution is 6.17. The average molecular weight is 657 g/mol. The van der Waals surface area contributed by atoms with Gasteiger partial charge in [-0.1, -0.05) is 156 Å². The van der Waals surface area contributed by atoms with Crippen LogP contribution in [-0.4, -0.2) is 29.4 Å². The predicted molar refractivity (Wildman–Crippen MR) is 208 cm³/mol. The van der Waals surface area contributed by atoms with Crippen LogP contribution >= 0.6 is 0 Å². The van der Waals surface area contributed by atoms with Crippen LogP contribution in [0.25, 0.3) is 0 Å². The van der Waals surface area contributed by atoms with Gasteiger partial charge in [0.1, 0.15) is 11.7 Å². The standard InChI is InChI=1S/C46H48N4/c1-30-15-14-18-32(27-30)42-47-41(31-16-8-7-9-17-31)48-46(6,49-42)33-23-25-34(26-24-33)50-38-22-13-12-21-37(38)45(5)29-44(4)36-20-11-10-19-35(36)43(2,3)39(44)28-40(45)50/h7-14,16-25,27-28,30,34,40H,15,26,29H2,1-6H3,(H,47,48,49). The summed E-state index contributed by atoms with van der Waals surface area (Å²) in [4.78, 5) is 13.4. The fourth-order valence-corrected chi connectivity index (χ4v) is 10.4. The Hall–Kier alpha value is -4.70. The number of para-hydroxylation sites is 1. The molecule has 1 N–H and O–H groups in total. The van der Waals surface area contributed by atoms with Crippen LogP contribution in [0, 0.1) is 5.92 Å². The van der Waals surface area contributed by atoms with E-state index in [4.69, 9.17) is 9.98 Å². The van der Waals surface area contributed by atoms with E-state index in [0.717, 1.165) is 47.6 Å². The Kier molecular flexibility index (Phi) is 6.82. The van der Waals surface area contributed by atoms with Crippen molar-refractivity contribution in [3.8, 4) is 0 Å². The van der Waals surface area contributed by atoms with Gasteiger partial charge < -0.3 is 10.2 Å². The molecule has 0 spiro atoms. The zero-order chi connectivity index (χ0) is 34.5. The number of nitrogens with zero attached hydrogens (tertiary/aromatic N) is 3. The smallest absolute Gasteiger partial charge is 0.177 e. The zero-order valence-electron chi connectivity index (χ0n) is 30.2. The van der Waals surface area contributed by atoms with Gasteiger partial charge in [0.25, 0.3) is 0 Å². The van der Waals surface area contributed by atoms with E-state index in [1.807, 2.05) is 0 Å². The molecule has 4 nitrogen and oxygen atoms in total. The van der Waals surface area contributed by atoms with Gasteiger partial charge in [0, 0.05) is 33.1 Å². The molecule has 3 aromatic rings. The van der Waals surface area contributed by atoms with Gasteiger partial charge >= 0.3 is 0 Å². The number of hydrogen-bond donors (Lipinski definition) is 1. The summed E-state index contributed by atoms with van der Waals surface area (Å²) in [5.41, 5.74) is 10.0. The van der Waals surface area contributed by atoms with Crippen LogP contribution < -0.4 is 10.2 Å². The molecule has 0 amide bonds. The third kappa shape index (κ3) is 4.49. The largest absolute Gasteiger partial charge is 0.357 e. The van der Waals surface area contributed by atoms with E-state index in [2.05, 4.69) is 173 Å². The van der Waals surface area contributed by atoms with Crippen molar-refractivity contribution in [2.75, 3.05) is 4.90 Å². The third-order valence-corrected chi connectivity index (χ3v) is 12.7. The second kappa shape index (κ2) is 10.9. The van der Waals surface area contributed by atoms with Crippen LogP contribution in [0.3, 0.4) is 0 Å². The summed E-state index contributed by atoms with van der Waals surface area (Å²) in [5, 5.41) is 3.60. The molecule has 4 heteroatoms. The molecule has 9 rings (SSSR count). The number of rotatable bonds is 4. The zero-order valence-corrected chi connectivity index (χ0v) is 30.2. The molecule has 0 fully saturated rings. The number of allylic oxidation sites excluding steroid dienone is 3. The fourth-order valence-electron chi connectivity index (χ4n) is 10.4. The number of nitrogens with one attached hydrogen (secondary N) is 1. The van der Waals surface area contributed by atoms with Gasteiger partial charge in [0.15, 0.2) is 5.66 Å². The Morgan fingerprint density at radius 3 is 2.18 bits per heavy atom. The predicted octanol–water partition coefficient (Wildman–Crippen LogP) is 9.65. The van der Waals surface area contributed by atoms with E-state index in [9.17, 15) is 0 Å². The van der Waals surface area contributed by atoms with Crippen molar-refractivity contribution in [1.29, 1.82) is 0 Å². The van der Waals surface area contributed by atoms with Crippen LogP contribution in [0.5, 0.6) is 0 Å². The monoisotopic (exact) mass is 656 g/mol. The minimum absolute atomic E-state index is 0.00284. The van der Waals surface area contributed by atoms with Crippen molar-refractivity contribution < 1.29 is 0 Å². The quantitative estimate of drug-likeness (QED) is 0.284. The summed E-state index contributed by atoms with van der Waals surface area (Å²) >= 11 is 0. The minimum atomic E-state index is -0.742.